The number of hydrogen-bond acceptors (Lipinski definition) is 4. The highest BCUT2D eigenvalue weighted by molar-refractivity contribution is 5.95. The standard InChI is InChI=1S/C14H17N3O4/c18-12(9-17-8-4-7-11(17)14(20)21)15-16-13(19)10-5-2-1-3-6-10/h1-3,5-6,11H,4,7-9H2,(H,15,18)(H,16,19)(H,20,21). The molecule has 0 aliphatic carbocycles. The van der Waals surface area contributed by atoms with Crippen molar-refractivity contribution >= 4 is 17.8 Å². The van der Waals surface area contributed by atoms with Crippen LogP contribution in [0.15, 0.2) is 30.3 Å². The number of hydrogen-bond donors (Lipinski definition) is 3. The van der Waals surface area contributed by atoms with Crippen LogP contribution >= 0.6 is 0 Å². The maximum absolute atomic E-state index is 11.7. The molecule has 2 rings (SSSR count). The SMILES string of the molecule is O=C(CN1CCCC1C(=O)O)NNC(=O)c1ccccc1. The first kappa shape index (κ1) is 15.0. The molecule has 7 heteroatoms. The maximum Gasteiger partial charge on any atom is 0.320 e. The normalized spacial score (nSPS) is 18.2. The Morgan fingerprint density at radius 3 is 2.57 bits per heavy atom. The first-order valence-electron chi connectivity index (χ1n) is 6.69. The minimum absolute atomic E-state index is 0.0496. The number of rotatable bonds is 4. The summed E-state index contributed by atoms with van der Waals surface area (Å²) >= 11 is 0. The van der Waals surface area contributed by atoms with E-state index in [1.54, 1.807) is 35.2 Å². The van der Waals surface area contributed by atoms with Gasteiger partial charge in [0.2, 0.25) is 0 Å². The highest BCUT2D eigenvalue weighted by atomic mass is 16.4. The second kappa shape index (κ2) is 6.85. The summed E-state index contributed by atoms with van der Waals surface area (Å²) < 4.78 is 0. The van der Waals surface area contributed by atoms with E-state index in [-0.39, 0.29) is 6.54 Å². The molecule has 1 atom stereocenters. The predicted molar refractivity (Wildman–Crippen MR) is 74.3 cm³/mol. The van der Waals surface area contributed by atoms with Crippen LogP contribution in [0.5, 0.6) is 0 Å². The molecule has 112 valence electrons. The van der Waals surface area contributed by atoms with Crippen LogP contribution < -0.4 is 10.9 Å². The van der Waals surface area contributed by atoms with Crippen LogP contribution in [0.2, 0.25) is 0 Å². The lowest BCUT2D eigenvalue weighted by Crippen LogP contribution is -2.48. The Balaban J connectivity index is 1.80. The maximum atomic E-state index is 11.7. The number of likely N-dealkylation sites (tertiary alicyclic amines) is 1. The number of nitrogens with one attached hydrogen (secondary N) is 2. The molecule has 0 spiro atoms. The van der Waals surface area contributed by atoms with Gasteiger partial charge in [-0.2, -0.15) is 0 Å². The third-order valence-corrected chi connectivity index (χ3v) is 3.35. The van der Waals surface area contributed by atoms with Gasteiger partial charge in [0, 0.05) is 5.56 Å². The first-order valence-corrected chi connectivity index (χ1v) is 6.69. The lowest BCUT2D eigenvalue weighted by molar-refractivity contribution is -0.142. The van der Waals surface area contributed by atoms with E-state index in [9.17, 15) is 14.4 Å². The molecule has 3 N–H and O–H groups in total. The van der Waals surface area contributed by atoms with Crippen LogP contribution in [0, 0.1) is 0 Å². The third-order valence-electron chi connectivity index (χ3n) is 3.35. The molecule has 0 radical (unpaired) electrons. The van der Waals surface area contributed by atoms with Crippen molar-refractivity contribution in [3.05, 3.63) is 35.9 Å². The molecule has 1 aliphatic rings. The fourth-order valence-corrected chi connectivity index (χ4v) is 2.31. The summed E-state index contributed by atoms with van der Waals surface area (Å²) in [6, 6.07) is 7.86. The van der Waals surface area contributed by atoms with E-state index in [1.165, 1.54) is 0 Å². The predicted octanol–water partition coefficient (Wildman–Crippen LogP) is -0.00340. The number of carboxylic acids is 1. The topological polar surface area (TPSA) is 98.7 Å². The number of carboxylic acid groups (broad SMARTS) is 1. The summed E-state index contributed by atoms with van der Waals surface area (Å²) in [6.07, 6.45) is 1.29. The van der Waals surface area contributed by atoms with Crippen LogP contribution in [0.25, 0.3) is 0 Å². The van der Waals surface area contributed by atoms with Gasteiger partial charge in [0.1, 0.15) is 6.04 Å². The Hall–Kier alpha value is -2.41. The molecular weight excluding hydrogens is 274 g/mol. The Morgan fingerprint density at radius 2 is 1.90 bits per heavy atom. The third kappa shape index (κ3) is 4.03. The number of nitrogens with zero attached hydrogens (tertiary/aromatic N) is 1. The van der Waals surface area contributed by atoms with Crippen molar-refractivity contribution in [1.82, 2.24) is 15.8 Å². The van der Waals surface area contributed by atoms with Crippen LogP contribution in [-0.4, -0.2) is 46.9 Å². The number of carbonyl (C=O) groups is 3. The van der Waals surface area contributed by atoms with Crippen molar-refractivity contribution in [2.75, 3.05) is 13.1 Å². The fourth-order valence-electron chi connectivity index (χ4n) is 2.31. The van der Waals surface area contributed by atoms with Gasteiger partial charge in [-0.3, -0.25) is 30.1 Å². The quantitative estimate of drug-likeness (QED) is 0.678. The van der Waals surface area contributed by atoms with Crippen LogP contribution in [0.4, 0.5) is 0 Å². The Bertz CT molecular complexity index is 532. The van der Waals surface area contributed by atoms with E-state index < -0.39 is 23.8 Å². The molecule has 7 nitrogen and oxygen atoms in total. The minimum Gasteiger partial charge on any atom is -0.480 e. The van der Waals surface area contributed by atoms with E-state index in [0.717, 1.165) is 6.42 Å². The highest BCUT2D eigenvalue weighted by Crippen LogP contribution is 2.16. The fraction of sp³-hybridized carbons (Fsp3) is 0.357. The molecule has 1 heterocycles. The van der Waals surface area contributed by atoms with E-state index in [1.807, 2.05) is 0 Å². The molecule has 2 amide bonds. The summed E-state index contributed by atoms with van der Waals surface area (Å²) in [5, 5.41) is 9.02. The van der Waals surface area contributed by atoms with E-state index in [2.05, 4.69) is 10.9 Å². The molecule has 0 bridgehead atoms. The second-order valence-corrected chi connectivity index (χ2v) is 4.84. The van der Waals surface area contributed by atoms with Crippen LogP contribution in [0.1, 0.15) is 23.2 Å². The lowest BCUT2D eigenvalue weighted by atomic mass is 10.2. The summed E-state index contributed by atoms with van der Waals surface area (Å²) in [4.78, 5) is 36.1. The summed E-state index contributed by atoms with van der Waals surface area (Å²) in [5.74, 6) is -1.78. The molecule has 1 aromatic rings. The molecular formula is C14H17N3O4. The second-order valence-electron chi connectivity index (χ2n) is 4.84. The van der Waals surface area contributed by atoms with E-state index in [4.69, 9.17) is 5.11 Å². The van der Waals surface area contributed by atoms with Gasteiger partial charge < -0.3 is 5.11 Å². The van der Waals surface area contributed by atoms with Crippen molar-refractivity contribution in [3.63, 3.8) is 0 Å². The molecule has 1 aliphatic heterocycles. The molecule has 1 aromatic carbocycles. The van der Waals surface area contributed by atoms with Crippen molar-refractivity contribution in [2.24, 2.45) is 0 Å². The van der Waals surface area contributed by atoms with Crippen molar-refractivity contribution in [1.29, 1.82) is 0 Å². The molecule has 21 heavy (non-hydrogen) atoms. The average Bonchev–Trinajstić information content (AvgIpc) is 2.94. The van der Waals surface area contributed by atoms with Gasteiger partial charge in [-0.15, -0.1) is 0 Å². The van der Waals surface area contributed by atoms with Gasteiger partial charge in [-0.05, 0) is 31.5 Å². The first-order chi connectivity index (χ1) is 10.1. The number of hydrazine groups is 1. The number of aliphatic carboxylic acids is 1. The monoisotopic (exact) mass is 291 g/mol. The number of carbonyl (C=O) groups excluding carboxylic acids is 2. The number of amides is 2. The minimum atomic E-state index is -0.923. The van der Waals surface area contributed by atoms with E-state index >= 15 is 0 Å². The lowest BCUT2D eigenvalue weighted by Gasteiger charge is -2.20. The van der Waals surface area contributed by atoms with Crippen molar-refractivity contribution < 1.29 is 19.5 Å². The molecule has 1 fully saturated rings. The van der Waals surface area contributed by atoms with Gasteiger partial charge in [-0.1, -0.05) is 18.2 Å². The summed E-state index contributed by atoms with van der Waals surface area (Å²) in [5.41, 5.74) is 5.03. The summed E-state index contributed by atoms with van der Waals surface area (Å²) in [6.45, 7) is 0.517. The summed E-state index contributed by atoms with van der Waals surface area (Å²) in [7, 11) is 0. The van der Waals surface area contributed by atoms with Gasteiger partial charge in [0.15, 0.2) is 0 Å². The van der Waals surface area contributed by atoms with Gasteiger partial charge in [-0.25, -0.2) is 0 Å². The Labute approximate surface area is 121 Å². The smallest absolute Gasteiger partial charge is 0.320 e. The zero-order chi connectivity index (χ0) is 15.2. The molecule has 0 saturated carbocycles. The molecule has 0 aromatic heterocycles. The van der Waals surface area contributed by atoms with Gasteiger partial charge >= 0.3 is 5.97 Å². The zero-order valence-electron chi connectivity index (χ0n) is 11.4. The van der Waals surface area contributed by atoms with E-state index in [0.29, 0.717) is 18.5 Å². The average molecular weight is 291 g/mol. The molecule has 1 saturated heterocycles. The largest absolute Gasteiger partial charge is 0.480 e. The van der Waals surface area contributed by atoms with Crippen molar-refractivity contribution in [3.8, 4) is 0 Å². The van der Waals surface area contributed by atoms with Crippen molar-refractivity contribution in [2.45, 2.75) is 18.9 Å². The zero-order valence-corrected chi connectivity index (χ0v) is 11.4. The Morgan fingerprint density at radius 1 is 1.19 bits per heavy atom. The highest BCUT2D eigenvalue weighted by Gasteiger charge is 2.31. The van der Waals surface area contributed by atoms with Crippen LogP contribution in [-0.2, 0) is 9.59 Å². The van der Waals surface area contributed by atoms with Crippen LogP contribution in [0.3, 0.4) is 0 Å². The number of benzene rings is 1. The molecule has 1 unspecified atom stereocenters. The van der Waals surface area contributed by atoms with Gasteiger partial charge in [0.05, 0.1) is 6.54 Å². The van der Waals surface area contributed by atoms with Gasteiger partial charge in [0.25, 0.3) is 11.8 Å². The Kier molecular flexibility index (Phi) is 4.89.